The normalized spacial score (nSPS) is 10.7. The van der Waals surface area contributed by atoms with Gasteiger partial charge in [-0.05, 0) is 17.7 Å². The summed E-state index contributed by atoms with van der Waals surface area (Å²) in [7, 11) is 0. The van der Waals surface area contributed by atoms with Gasteiger partial charge in [0.05, 0.1) is 11.2 Å². The van der Waals surface area contributed by atoms with E-state index >= 15 is 0 Å². The van der Waals surface area contributed by atoms with Gasteiger partial charge in [0.2, 0.25) is 0 Å². The highest BCUT2D eigenvalue weighted by Crippen LogP contribution is 2.19. The number of anilines is 1. The second-order valence-corrected chi connectivity index (χ2v) is 4.23. The lowest BCUT2D eigenvalue weighted by atomic mass is 10.1. The molecule has 0 spiro atoms. The molecule has 0 atom stereocenters. The van der Waals surface area contributed by atoms with Crippen LogP contribution in [-0.4, -0.2) is 9.97 Å². The summed E-state index contributed by atoms with van der Waals surface area (Å²) in [5, 5.41) is 1.04. The number of nitrogens with zero attached hydrogens (tertiary/aromatic N) is 2. The number of fused-ring (bicyclic) bond motifs is 1. The van der Waals surface area contributed by atoms with E-state index in [1.54, 1.807) is 6.20 Å². The molecule has 0 fully saturated rings. The van der Waals surface area contributed by atoms with Crippen LogP contribution in [0.5, 0.6) is 0 Å². The molecule has 0 aliphatic carbocycles. The average molecular weight is 235 g/mol. The fourth-order valence-corrected chi connectivity index (χ4v) is 2.09. The molecule has 0 amide bonds. The molecule has 0 aliphatic rings. The molecular weight excluding hydrogens is 222 g/mol. The molecule has 0 bridgehead atoms. The number of nitrogens with two attached hydrogens (primary N) is 1. The highest BCUT2D eigenvalue weighted by atomic mass is 14.9. The van der Waals surface area contributed by atoms with Crippen LogP contribution in [0.3, 0.4) is 0 Å². The van der Waals surface area contributed by atoms with Gasteiger partial charge in [-0.25, -0.2) is 4.98 Å². The lowest BCUT2D eigenvalue weighted by molar-refractivity contribution is 1.09. The minimum absolute atomic E-state index is 0.543. The van der Waals surface area contributed by atoms with Gasteiger partial charge in [0, 0.05) is 18.0 Å². The van der Waals surface area contributed by atoms with Crippen molar-refractivity contribution >= 4 is 16.7 Å². The number of aromatic nitrogens is 2. The van der Waals surface area contributed by atoms with Gasteiger partial charge in [-0.15, -0.1) is 0 Å². The molecule has 3 nitrogen and oxygen atoms in total. The van der Waals surface area contributed by atoms with Crippen molar-refractivity contribution < 1.29 is 0 Å². The van der Waals surface area contributed by atoms with E-state index in [2.05, 4.69) is 22.1 Å². The Morgan fingerprint density at radius 3 is 2.67 bits per heavy atom. The monoisotopic (exact) mass is 235 g/mol. The van der Waals surface area contributed by atoms with E-state index in [0.717, 1.165) is 23.0 Å². The zero-order chi connectivity index (χ0) is 12.4. The van der Waals surface area contributed by atoms with Crippen molar-refractivity contribution in [2.75, 3.05) is 5.73 Å². The van der Waals surface area contributed by atoms with E-state index in [-0.39, 0.29) is 0 Å². The van der Waals surface area contributed by atoms with Crippen molar-refractivity contribution in [1.29, 1.82) is 0 Å². The Balaban J connectivity index is 2.11. The fourth-order valence-electron chi connectivity index (χ4n) is 2.09. The lowest BCUT2D eigenvalue weighted by Gasteiger charge is -2.06. The zero-order valence-corrected chi connectivity index (χ0v) is 9.88. The Labute approximate surface area is 105 Å². The molecule has 3 aromatic rings. The van der Waals surface area contributed by atoms with Crippen LogP contribution in [-0.2, 0) is 6.42 Å². The Kier molecular flexibility index (Phi) is 2.65. The van der Waals surface area contributed by atoms with Crippen molar-refractivity contribution in [2.24, 2.45) is 0 Å². The van der Waals surface area contributed by atoms with Crippen LogP contribution < -0.4 is 5.73 Å². The molecule has 0 saturated carbocycles. The number of benzene rings is 1. The first kappa shape index (κ1) is 10.7. The van der Waals surface area contributed by atoms with Gasteiger partial charge in [-0.2, -0.15) is 0 Å². The maximum atomic E-state index is 5.84. The second kappa shape index (κ2) is 4.45. The van der Waals surface area contributed by atoms with Crippen LogP contribution in [0, 0.1) is 0 Å². The second-order valence-electron chi connectivity index (χ2n) is 4.23. The molecule has 18 heavy (non-hydrogen) atoms. The number of hydrogen-bond donors (Lipinski definition) is 1. The first-order valence-corrected chi connectivity index (χ1v) is 5.87. The standard InChI is InChI=1S/C15H13N3/c16-14-10-12-7-4-8-17-15(12)13(18-14)9-11-5-2-1-3-6-11/h1-8,10H,9H2,(H2,16,18). The minimum Gasteiger partial charge on any atom is -0.384 e. The van der Waals surface area contributed by atoms with Gasteiger partial charge >= 0.3 is 0 Å². The van der Waals surface area contributed by atoms with Crippen LogP contribution in [0.25, 0.3) is 10.9 Å². The minimum atomic E-state index is 0.543. The van der Waals surface area contributed by atoms with Gasteiger partial charge in [-0.3, -0.25) is 4.98 Å². The number of rotatable bonds is 2. The van der Waals surface area contributed by atoms with E-state index in [1.165, 1.54) is 5.56 Å². The summed E-state index contributed by atoms with van der Waals surface area (Å²) in [5.41, 5.74) is 8.90. The van der Waals surface area contributed by atoms with Gasteiger partial charge in [0.25, 0.3) is 0 Å². The third-order valence-corrected chi connectivity index (χ3v) is 2.89. The van der Waals surface area contributed by atoms with Gasteiger partial charge in [-0.1, -0.05) is 36.4 Å². The van der Waals surface area contributed by atoms with Gasteiger partial charge < -0.3 is 5.73 Å². The lowest BCUT2D eigenvalue weighted by Crippen LogP contribution is -1.99. The largest absolute Gasteiger partial charge is 0.384 e. The molecule has 0 unspecified atom stereocenters. The van der Waals surface area contributed by atoms with Gasteiger partial charge in [0.15, 0.2) is 0 Å². The Morgan fingerprint density at radius 2 is 1.83 bits per heavy atom. The molecule has 3 rings (SSSR count). The molecule has 2 aromatic heterocycles. The number of hydrogen-bond acceptors (Lipinski definition) is 3. The first-order valence-electron chi connectivity index (χ1n) is 5.87. The van der Waals surface area contributed by atoms with Gasteiger partial charge in [0.1, 0.15) is 5.82 Å². The summed E-state index contributed by atoms with van der Waals surface area (Å²) in [6.07, 6.45) is 2.54. The molecule has 3 heteroatoms. The smallest absolute Gasteiger partial charge is 0.124 e. The summed E-state index contributed by atoms with van der Waals surface area (Å²) in [5.74, 6) is 0.543. The maximum absolute atomic E-state index is 5.84. The van der Waals surface area contributed by atoms with Crippen molar-refractivity contribution in [3.63, 3.8) is 0 Å². The molecular formula is C15H13N3. The van der Waals surface area contributed by atoms with E-state index in [0.29, 0.717) is 5.82 Å². The molecule has 0 radical (unpaired) electrons. The summed E-state index contributed by atoms with van der Waals surface area (Å²) in [6.45, 7) is 0. The summed E-state index contributed by atoms with van der Waals surface area (Å²) < 4.78 is 0. The molecule has 88 valence electrons. The predicted octanol–water partition coefficient (Wildman–Crippen LogP) is 2.80. The van der Waals surface area contributed by atoms with E-state index < -0.39 is 0 Å². The fraction of sp³-hybridized carbons (Fsp3) is 0.0667. The van der Waals surface area contributed by atoms with Crippen LogP contribution in [0.15, 0.2) is 54.7 Å². The number of pyridine rings is 2. The van der Waals surface area contributed by atoms with Crippen molar-refractivity contribution in [2.45, 2.75) is 6.42 Å². The highest BCUT2D eigenvalue weighted by molar-refractivity contribution is 5.82. The van der Waals surface area contributed by atoms with E-state index in [1.807, 2.05) is 36.4 Å². The van der Waals surface area contributed by atoms with Crippen molar-refractivity contribution in [3.05, 3.63) is 66.0 Å². The Morgan fingerprint density at radius 1 is 1.00 bits per heavy atom. The highest BCUT2D eigenvalue weighted by Gasteiger charge is 2.06. The Bertz CT molecular complexity index is 678. The van der Waals surface area contributed by atoms with E-state index in [9.17, 15) is 0 Å². The molecule has 1 aromatic carbocycles. The SMILES string of the molecule is Nc1cc2cccnc2c(Cc2ccccc2)n1. The third-order valence-electron chi connectivity index (χ3n) is 2.89. The molecule has 0 aliphatic heterocycles. The molecule has 2 N–H and O–H groups in total. The average Bonchev–Trinajstić information content (AvgIpc) is 2.40. The predicted molar refractivity (Wildman–Crippen MR) is 73.2 cm³/mol. The molecule has 2 heterocycles. The zero-order valence-electron chi connectivity index (χ0n) is 9.88. The van der Waals surface area contributed by atoms with Crippen LogP contribution >= 0.6 is 0 Å². The van der Waals surface area contributed by atoms with Crippen molar-refractivity contribution in [1.82, 2.24) is 9.97 Å². The Hall–Kier alpha value is -2.42. The summed E-state index contributed by atoms with van der Waals surface area (Å²) in [4.78, 5) is 8.81. The first-order chi connectivity index (χ1) is 8.83. The summed E-state index contributed by atoms with van der Waals surface area (Å²) >= 11 is 0. The quantitative estimate of drug-likeness (QED) is 0.743. The van der Waals surface area contributed by atoms with E-state index in [4.69, 9.17) is 5.73 Å². The van der Waals surface area contributed by atoms with Crippen LogP contribution in [0.4, 0.5) is 5.82 Å². The third kappa shape index (κ3) is 2.02. The maximum Gasteiger partial charge on any atom is 0.124 e. The summed E-state index contributed by atoms with van der Waals surface area (Å²) in [6, 6.07) is 16.0. The number of nitrogen functional groups attached to an aromatic ring is 1. The van der Waals surface area contributed by atoms with Crippen LogP contribution in [0.1, 0.15) is 11.3 Å². The molecule has 0 saturated heterocycles. The van der Waals surface area contributed by atoms with Crippen LogP contribution in [0.2, 0.25) is 0 Å². The topological polar surface area (TPSA) is 51.8 Å². The van der Waals surface area contributed by atoms with Crippen molar-refractivity contribution in [3.8, 4) is 0 Å².